The minimum Gasteiger partial charge on any atom is -0.483 e. The Balaban J connectivity index is 1.72. The Kier molecular flexibility index (Phi) is 3.88. The van der Waals surface area contributed by atoms with Gasteiger partial charge in [-0.3, -0.25) is 0 Å². The molecule has 0 spiro atoms. The van der Waals surface area contributed by atoms with Gasteiger partial charge in [0.25, 0.3) is 0 Å². The predicted octanol–water partition coefficient (Wildman–Crippen LogP) is 2.39. The van der Waals surface area contributed by atoms with Crippen LogP contribution < -0.4 is 4.74 Å². The number of aromatic nitrogens is 3. The molecule has 1 atom stereocenters. The number of hydrogen-bond acceptors (Lipinski definition) is 4. The van der Waals surface area contributed by atoms with Crippen LogP contribution >= 0.6 is 0 Å². The molecule has 0 saturated heterocycles. The number of benzene rings is 1. The second kappa shape index (κ2) is 5.81. The fraction of sp³-hybridized carbons (Fsp3) is 0.467. The van der Waals surface area contributed by atoms with Gasteiger partial charge in [-0.25, -0.2) is 4.39 Å². The molecule has 2 aromatic rings. The lowest BCUT2D eigenvalue weighted by molar-refractivity contribution is 0.198. The number of rotatable bonds is 4. The summed E-state index contributed by atoms with van der Waals surface area (Å²) in [5.74, 6) is 1.38. The third-order valence-corrected chi connectivity index (χ3v) is 3.73. The molecule has 2 heterocycles. The number of aryl methyl sites for hydroxylation is 1. The Morgan fingerprint density at radius 3 is 3.00 bits per heavy atom. The molecule has 3 rings (SSSR count). The summed E-state index contributed by atoms with van der Waals surface area (Å²) >= 11 is 0. The Hall–Kier alpha value is -1.95. The zero-order chi connectivity index (χ0) is 14.8. The largest absolute Gasteiger partial charge is 0.483 e. The molecular formula is C15H18FN3O2. The highest BCUT2D eigenvalue weighted by Crippen LogP contribution is 2.23. The van der Waals surface area contributed by atoms with Crippen LogP contribution in [0.4, 0.5) is 4.39 Å². The summed E-state index contributed by atoms with van der Waals surface area (Å²) in [6, 6.07) is 4.48. The van der Waals surface area contributed by atoms with Gasteiger partial charge in [-0.2, -0.15) is 0 Å². The van der Waals surface area contributed by atoms with Crippen LogP contribution in [-0.2, 0) is 19.6 Å². The van der Waals surface area contributed by atoms with Crippen LogP contribution in [0.25, 0.3) is 0 Å². The summed E-state index contributed by atoms with van der Waals surface area (Å²) in [6.07, 6.45) is 2.48. The van der Waals surface area contributed by atoms with Gasteiger partial charge in [0.05, 0.1) is 6.10 Å². The molecule has 1 aliphatic rings. The maximum Gasteiger partial charge on any atom is 0.171 e. The summed E-state index contributed by atoms with van der Waals surface area (Å²) in [5.41, 5.74) is 0.528. The van der Waals surface area contributed by atoms with Crippen molar-refractivity contribution in [2.24, 2.45) is 0 Å². The number of aliphatic hydroxyl groups excluding tert-OH is 1. The fourth-order valence-corrected chi connectivity index (χ4v) is 2.51. The van der Waals surface area contributed by atoms with E-state index in [1.807, 2.05) is 4.57 Å². The van der Waals surface area contributed by atoms with E-state index in [1.54, 1.807) is 13.0 Å². The number of ether oxygens (including phenoxy) is 1. The van der Waals surface area contributed by atoms with Crippen LogP contribution in [0, 0.1) is 5.82 Å². The Labute approximate surface area is 122 Å². The lowest BCUT2D eigenvalue weighted by Gasteiger charge is -2.15. The van der Waals surface area contributed by atoms with Crippen molar-refractivity contribution in [1.82, 2.24) is 14.8 Å². The van der Waals surface area contributed by atoms with E-state index in [2.05, 4.69) is 10.2 Å². The molecule has 0 amide bonds. The van der Waals surface area contributed by atoms with E-state index in [0.717, 1.165) is 37.5 Å². The first-order valence-electron chi connectivity index (χ1n) is 7.16. The van der Waals surface area contributed by atoms with Crippen LogP contribution in [0.2, 0.25) is 0 Å². The van der Waals surface area contributed by atoms with Gasteiger partial charge in [0, 0.05) is 13.0 Å². The minimum atomic E-state index is -0.697. The monoisotopic (exact) mass is 291 g/mol. The number of hydrogen-bond donors (Lipinski definition) is 1. The second-order valence-corrected chi connectivity index (χ2v) is 5.30. The van der Waals surface area contributed by atoms with E-state index < -0.39 is 11.9 Å². The van der Waals surface area contributed by atoms with E-state index in [1.165, 1.54) is 12.1 Å². The van der Waals surface area contributed by atoms with Crippen LogP contribution in [0.1, 0.15) is 43.1 Å². The van der Waals surface area contributed by atoms with Crippen molar-refractivity contribution < 1.29 is 14.2 Å². The molecule has 0 saturated carbocycles. The normalized spacial score (nSPS) is 15.6. The lowest BCUT2D eigenvalue weighted by Crippen LogP contribution is -2.14. The van der Waals surface area contributed by atoms with Crippen molar-refractivity contribution in [3.63, 3.8) is 0 Å². The summed E-state index contributed by atoms with van der Waals surface area (Å²) in [5, 5.41) is 17.7. The summed E-state index contributed by atoms with van der Waals surface area (Å²) in [4.78, 5) is 0. The summed E-state index contributed by atoms with van der Waals surface area (Å²) < 4.78 is 21.4. The quantitative estimate of drug-likeness (QED) is 0.939. The molecular weight excluding hydrogens is 273 g/mol. The first kappa shape index (κ1) is 14.0. The van der Waals surface area contributed by atoms with Crippen LogP contribution in [0.3, 0.4) is 0 Å². The van der Waals surface area contributed by atoms with Crippen molar-refractivity contribution in [2.75, 3.05) is 0 Å². The minimum absolute atomic E-state index is 0.160. The molecule has 0 unspecified atom stereocenters. The SMILES string of the molecule is C[C@@H](O)c1ccc(OCc2nnc3n2CCCC3)c(F)c1. The fourth-order valence-electron chi connectivity index (χ4n) is 2.51. The van der Waals surface area contributed by atoms with Crippen molar-refractivity contribution >= 4 is 0 Å². The highest BCUT2D eigenvalue weighted by Gasteiger charge is 2.16. The third kappa shape index (κ3) is 2.90. The zero-order valence-electron chi connectivity index (χ0n) is 11.9. The topological polar surface area (TPSA) is 60.2 Å². The second-order valence-electron chi connectivity index (χ2n) is 5.30. The maximum atomic E-state index is 13.9. The zero-order valence-corrected chi connectivity index (χ0v) is 11.9. The molecule has 1 N–H and O–H groups in total. The van der Waals surface area contributed by atoms with E-state index >= 15 is 0 Å². The van der Waals surface area contributed by atoms with E-state index in [9.17, 15) is 9.50 Å². The van der Waals surface area contributed by atoms with Crippen LogP contribution in [0.5, 0.6) is 5.75 Å². The first-order valence-corrected chi connectivity index (χ1v) is 7.16. The van der Waals surface area contributed by atoms with Crippen LogP contribution in [0.15, 0.2) is 18.2 Å². The van der Waals surface area contributed by atoms with Gasteiger partial charge in [-0.15, -0.1) is 10.2 Å². The van der Waals surface area contributed by atoms with Crippen molar-refractivity contribution in [2.45, 2.75) is 45.4 Å². The molecule has 112 valence electrons. The third-order valence-electron chi connectivity index (χ3n) is 3.73. The highest BCUT2D eigenvalue weighted by molar-refractivity contribution is 5.30. The number of fused-ring (bicyclic) bond motifs is 1. The summed E-state index contributed by atoms with van der Waals surface area (Å²) in [6.45, 7) is 2.68. The van der Waals surface area contributed by atoms with Gasteiger partial charge in [-0.1, -0.05) is 6.07 Å². The number of aliphatic hydroxyl groups is 1. The van der Waals surface area contributed by atoms with Gasteiger partial charge >= 0.3 is 0 Å². The standard InChI is InChI=1S/C15H18FN3O2/c1-10(20)11-5-6-13(12(16)8-11)21-9-15-18-17-14-4-2-3-7-19(14)15/h5-6,8,10,20H,2-4,7,9H2,1H3/t10-/m1/s1. The molecule has 5 nitrogen and oxygen atoms in total. The lowest BCUT2D eigenvalue weighted by atomic mass is 10.1. The molecule has 6 heteroatoms. The highest BCUT2D eigenvalue weighted by atomic mass is 19.1. The molecule has 1 aromatic heterocycles. The average Bonchev–Trinajstić information content (AvgIpc) is 2.89. The van der Waals surface area contributed by atoms with Gasteiger partial charge in [0.1, 0.15) is 12.4 Å². The summed E-state index contributed by atoms with van der Waals surface area (Å²) in [7, 11) is 0. The van der Waals surface area contributed by atoms with E-state index in [4.69, 9.17) is 4.74 Å². The molecule has 1 aliphatic heterocycles. The number of halogens is 1. The van der Waals surface area contributed by atoms with Gasteiger partial charge in [-0.05, 0) is 37.5 Å². The Morgan fingerprint density at radius 2 is 2.24 bits per heavy atom. The van der Waals surface area contributed by atoms with Crippen LogP contribution in [-0.4, -0.2) is 19.9 Å². The van der Waals surface area contributed by atoms with E-state index in [0.29, 0.717) is 5.56 Å². The van der Waals surface area contributed by atoms with E-state index in [-0.39, 0.29) is 12.4 Å². The molecule has 0 fully saturated rings. The van der Waals surface area contributed by atoms with Gasteiger partial charge in [0.2, 0.25) is 0 Å². The van der Waals surface area contributed by atoms with Crippen molar-refractivity contribution in [1.29, 1.82) is 0 Å². The molecule has 0 bridgehead atoms. The van der Waals surface area contributed by atoms with Gasteiger partial charge < -0.3 is 14.4 Å². The molecule has 0 radical (unpaired) electrons. The molecule has 1 aromatic carbocycles. The Bertz CT molecular complexity index is 640. The first-order chi connectivity index (χ1) is 10.1. The van der Waals surface area contributed by atoms with Gasteiger partial charge in [0.15, 0.2) is 17.4 Å². The maximum absolute atomic E-state index is 13.9. The smallest absolute Gasteiger partial charge is 0.171 e. The Morgan fingerprint density at radius 1 is 1.38 bits per heavy atom. The van der Waals surface area contributed by atoms with Crippen molar-refractivity contribution in [3.8, 4) is 5.75 Å². The van der Waals surface area contributed by atoms with Crippen molar-refractivity contribution in [3.05, 3.63) is 41.2 Å². The molecule has 0 aliphatic carbocycles. The predicted molar refractivity (Wildman–Crippen MR) is 74.3 cm³/mol. The molecule has 21 heavy (non-hydrogen) atoms. The number of nitrogens with zero attached hydrogens (tertiary/aromatic N) is 3. The average molecular weight is 291 g/mol.